The maximum Gasteiger partial charge on any atom is 0.0909 e. The molecule has 0 N–H and O–H groups in total. The van der Waals surface area contributed by atoms with Crippen LogP contribution in [0.2, 0.25) is 5.31 Å². The highest BCUT2D eigenvalue weighted by molar-refractivity contribution is 7.32. The summed E-state index contributed by atoms with van der Waals surface area (Å²) in [7, 11) is 6.84. The zero-order valence-electron chi connectivity index (χ0n) is 12.7. The quantitative estimate of drug-likeness (QED) is 0.514. The van der Waals surface area contributed by atoms with Gasteiger partial charge in [0.15, 0.2) is 0 Å². The van der Waals surface area contributed by atoms with Crippen molar-refractivity contribution in [1.29, 1.82) is 0 Å². The Labute approximate surface area is 116 Å². The second kappa shape index (κ2) is 6.54. The summed E-state index contributed by atoms with van der Waals surface area (Å²) in [6.45, 7) is 13.6. The minimum Gasteiger partial charge on any atom is -0.119 e. The van der Waals surface area contributed by atoms with Gasteiger partial charge in [-0.25, -0.2) is 0 Å². The van der Waals surface area contributed by atoms with E-state index >= 15 is 0 Å². The largest absolute Gasteiger partial charge is 0.119 e. The zero-order chi connectivity index (χ0) is 13.8. The third-order valence-corrected chi connectivity index (χ3v) is 4.09. The van der Waals surface area contributed by atoms with Gasteiger partial charge in [0.1, 0.15) is 0 Å². The first kappa shape index (κ1) is 15.5. The topological polar surface area (TPSA) is 0 Å². The number of hydrogen-bond acceptors (Lipinski definition) is 0. The minimum absolute atomic E-state index is 0.164. The molecule has 0 nitrogen and oxygen atoms in total. The van der Waals surface area contributed by atoms with Crippen LogP contribution in [-0.2, 0) is 0 Å². The average Bonchev–Trinajstić information content (AvgIpc) is 2.30. The zero-order valence-corrected chi connectivity index (χ0v) is 12.7. The lowest BCUT2D eigenvalue weighted by Crippen LogP contribution is -2.42. The first-order valence-electron chi connectivity index (χ1n) is 7.00. The Hall–Kier alpha value is -0.585. The fourth-order valence-corrected chi connectivity index (χ4v) is 3.08. The molecule has 0 amide bonds. The van der Waals surface area contributed by atoms with Crippen molar-refractivity contribution in [3.05, 3.63) is 35.3 Å². The van der Waals surface area contributed by atoms with Crippen LogP contribution in [0.5, 0.6) is 0 Å². The van der Waals surface area contributed by atoms with E-state index < -0.39 is 0 Å². The van der Waals surface area contributed by atoms with Crippen molar-refractivity contribution in [1.82, 2.24) is 0 Å². The van der Waals surface area contributed by atoms with Crippen LogP contribution < -0.4 is 0 Å². The molecular weight excluding hydrogens is 213 g/mol. The van der Waals surface area contributed by atoms with Crippen LogP contribution in [0.15, 0.2) is 35.3 Å². The van der Waals surface area contributed by atoms with Gasteiger partial charge in [0.2, 0.25) is 0 Å². The van der Waals surface area contributed by atoms with E-state index in [0.717, 1.165) is 0 Å². The summed E-state index contributed by atoms with van der Waals surface area (Å²) in [5, 5.41) is 0.164. The van der Waals surface area contributed by atoms with E-state index in [0.29, 0.717) is 11.8 Å². The second-order valence-electron chi connectivity index (χ2n) is 5.75. The molecule has 0 aliphatic carbocycles. The summed E-state index contributed by atoms with van der Waals surface area (Å²) in [4.78, 5) is 0. The molecule has 1 heterocycles. The van der Waals surface area contributed by atoms with Crippen molar-refractivity contribution < 1.29 is 0 Å². The summed E-state index contributed by atoms with van der Waals surface area (Å²) in [5.74, 6) is 1.20. The molecule has 0 saturated heterocycles. The Balaban J connectivity index is 3.25. The van der Waals surface area contributed by atoms with Crippen molar-refractivity contribution in [2.24, 2.45) is 11.8 Å². The lowest BCUT2D eigenvalue weighted by molar-refractivity contribution is 0.362. The van der Waals surface area contributed by atoms with Crippen molar-refractivity contribution in [2.45, 2.75) is 46.9 Å². The van der Waals surface area contributed by atoms with E-state index in [1.165, 1.54) is 11.0 Å². The lowest BCUT2D eigenvalue weighted by atomic mass is 9.07. The van der Waals surface area contributed by atoms with Crippen molar-refractivity contribution in [2.75, 3.05) is 0 Å². The molecule has 3 heteroatoms. The third-order valence-electron chi connectivity index (χ3n) is 4.09. The fourth-order valence-electron chi connectivity index (χ4n) is 3.08. The van der Waals surface area contributed by atoms with Gasteiger partial charge >= 0.3 is 0 Å². The first-order valence-corrected chi connectivity index (χ1v) is 7.00. The molecule has 0 bridgehead atoms. The summed E-state index contributed by atoms with van der Waals surface area (Å²) in [6, 6.07) is 0. The third kappa shape index (κ3) is 2.87. The van der Waals surface area contributed by atoms with Crippen LogP contribution in [0, 0.1) is 11.8 Å². The first-order chi connectivity index (χ1) is 8.46. The highest BCUT2D eigenvalue weighted by Crippen LogP contribution is 2.51. The van der Waals surface area contributed by atoms with Crippen molar-refractivity contribution >= 4 is 21.4 Å². The Morgan fingerprint density at radius 1 is 1.06 bits per heavy atom. The molecule has 0 aromatic carbocycles. The Bertz CT molecular complexity index is 354. The molecule has 0 spiro atoms. The Kier molecular flexibility index (Phi) is 5.62. The SMILES string of the molecule is C/C=C\C=C/C1=C(C)[B][B][B]C1(C(C)C)C(C)C. The molecule has 1 rings (SSSR count). The normalized spacial score (nSPS) is 19.6. The predicted octanol–water partition coefficient (Wildman–Crippen LogP) is 3.82. The predicted molar refractivity (Wildman–Crippen MR) is 86.3 cm³/mol. The number of hydrogen-bond donors (Lipinski definition) is 0. The summed E-state index contributed by atoms with van der Waals surface area (Å²) in [6.07, 6.45) is 8.62. The molecule has 1 aliphatic heterocycles. The van der Waals surface area contributed by atoms with Crippen LogP contribution in [0.4, 0.5) is 0 Å². The Morgan fingerprint density at radius 2 is 1.67 bits per heavy atom. The average molecular weight is 237 g/mol. The van der Waals surface area contributed by atoms with E-state index in [9.17, 15) is 0 Å². The van der Waals surface area contributed by atoms with Gasteiger partial charge in [0.05, 0.1) is 14.3 Å². The molecule has 1 aliphatic rings. The van der Waals surface area contributed by atoms with Gasteiger partial charge < -0.3 is 0 Å². The van der Waals surface area contributed by atoms with Crippen LogP contribution in [0.1, 0.15) is 41.5 Å². The van der Waals surface area contributed by atoms with Crippen molar-refractivity contribution in [3.63, 3.8) is 0 Å². The van der Waals surface area contributed by atoms with Crippen molar-refractivity contribution in [3.8, 4) is 0 Å². The summed E-state index contributed by atoms with van der Waals surface area (Å²) in [5.41, 5.74) is 2.86. The van der Waals surface area contributed by atoms with E-state index in [-0.39, 0.29) is 5.31 Å². The Morgan fingerprint density at radius 3 is 2.17 bits per heavy atom. The van der Waals surface area contributed by atoms with Gasteiger partial charge in [0, 0.05) is 7.06 Å². The summed E-state index contributed by atoms with van der Waals surface area (Å²) >= 11 is 0. The molecule has 0 unspecified atom stereocenters. The van der Waals surface area contributed by atoms with Crippen LogP contribution in [-0.4, -0.2) is 21.4 Å². The molecule has 0 aromatic heterocycles. The second-order valence-corrected chi connectivity index (χ2v) is 5.75. The highest BCUT2D eigenvalue weighted by atomic mass is 14.4. The standard InChI is InChI=1S/C15H24B3/c1-7-8-9-10-14-13(6)16-18-17-15(14,11(2)3)12(4)5/h7-12H,1-6H3/b8-7-,10-9-. The van der Waals surface area contributed by atoms with Gasteiger partial charge in [-0.3, -0.25) is 0 Å². The lowest BCUT2D eigenvalue weighted by Gasteiger charge is -2.47. The molecule has 0 atom stereocenters. The van der Waals surface area contributed by atoms with E-state index in [1.54, 1.807) is 0 Å². The molecule has 93 valence electrons. The van der Waals surface area contributed by atoms with E-state index in [4.69, 9.17) is 0 Å². The van der Waals surface area contributed by atoms with E-state index in [2.05, 4.69) is 87.2 Å². The van der Waals surface area contributed by atoms with Crippen LogP contribution >= 0.6 is 0 Å². The number of allylic oxidation sites excluding steroid dienone is 6. The molecule has 0 aromatic rings. The van der Waals surface area contributed by atoms with Gasteiger partial charge in [-0.05, 0) is 24.1 Å². The fraction of sp³-hybridized carbons (Fsp3) is 0.600. The van der Waals surface area contributed by atoms with Gasteiger partial charge in [-0.1, -0.05) is 64.5 Å². The molecule has 0 saturated carbocycles. The summed E-state index contributed by atoms with van der Waals surface area (Å²) < 4.78 is 0. The smallest absolute Gasteiger partial charge is 0.0909 e. The van der Waals surface area contributed by atoms with Gasteiger partial charge in [-0.2, -0.15) is 0 Å². The van der Waals surface area contributed by atoms with Crippen LogP contribution in [0.25, 0.3) is 0 Å². The molecular formula is C15H24B3. The maximum atomic E-state index is 2.39. The van der Waals surface area contributed by atoms with Crippen LogP contribution in [0.3, 0.4) is 0 Å². The highest BCUT2D eigenvalue weighted by Gasteiger charge is 2.41. The molecule has 18 heavy (non-hydrogen) atoms. The monoisotopic (exact) mass is 237 g/mol. The maximum absolute atomic E-state index is 2.39. The molecule has 3 radical (unpaired) electrons. The number of rotatable bonds is 4. The minimum atomic E-state index is 0.164. The van der Waals surface area contributed by atoms with Gasteiger partial charge in [0.25, 0.3) is 0 Å². The van der Waals surface area contributed by atoms with Gasteiger partial charge in [-0.15, -0.1) is 5.47 Å². The molecule has 0 fully saturated rings. The van der Waals surface area contributed by atoms with E-state index in [1.807, 2.05) is 0 Å².